The second-order valence-electron chi connectivity index (χ2n) is 4.25. The number of rotatable bonds is 4. The Hall–Kier alpha value is -1.85. The Morgan fingerprint density at radius 1 is 1.00 bits per heavy atom. The van der Waals surface area contributed by atoms with Gasteiger partial charge in [-0.25, -0.2) is 9.97 Å². The molecule has 0 aliphatic rings. The first-order valence-electron chi connectivity index (χ1n) is 5.98. The van der Waals surface area contributed by atoms with E-state index in [1.165, 1.54) is 0 Å². The van der Waals surface area contributed by atoms with Crippen LogP contribution >= 0.6 is 0 Å². The van der Waals surface area contributed by atoms with Crippen LogP contribution in [0.3, 0.4) is 0 Å². The summed E-state index contributed by atoms with van der Waals surface area (Å²) in [6, 6.07) is 5.70. The molecule has 5 heteroatoms. The van der Waals surface area contributed by atoms with Gasteiger partial charge in [0.05, 0.1) is 0 Å². The number of aromatic nitrogens is 3. The maximum Gasteiger partial charge on any atom is 0.200 e. The van der Waals surface area contributed by atoms with Crippen LogP contribution in [0.1, 0.15) is 23.4 Å². The zero-order chi connectivity index (χ0) is 13.8. The van der Waals surface area contributed by atoms with Gasteiger partial charge in [-0.05, 0) is 32.0 Å². The van der Waals surface area contributed by atoms with Crippen LogP contribution in [0.4, 0.5) is 0 Å². The lowest BCUT2D eigenvalue weighted by atomic mass is 10.2. The second-order valence-corrected chi connectivity index (χ2v) is 4.25. The third kappa shape index (κ3) is 3.13. The van der Waals surface area contributed by atoms with Crippen molar-refractivity contribution in [3.05, 3.63) is 41.5 Å². The number of methoxy groups -OCH3 is 2. The Balaban J connectivity index is 2.42. The molecule has 0 spiro atoms. The molecule has 0 saturated carbocycles. The van der Waals surface area contributed by atoms with Crippen molar-refractivity contribution in [2.75, 3.05) is 14.2 Å². The minimum Gasteiger partial charge on any atom is -0.350 e. The van der Waals surface area contributed by atoms with Crippen LogP contribution < -0.4 is 0 Å². The van der Waals surface area contributed by atoms with Gasteiger partial charge in [-0.15, -0.1) is 0 Å². The molecule has 2 rings (SSSR count). The summed E-state index contributed by atoms with van der Waals surface area (Å²) in [4.78, 5) is 13.1. The Morgan fingerprint density at radius 3 is 2.21 bits per heavy atom. The molecule has 0 unspecified atom stereocenters. The summed E-state index contributed by atoms with van der Waals surface area (Å²) in [5.41, 5.74) is 3.53. The topological polar surface area (TPSA) is 57.1 Å². The molecule has 5 nitrogen and oxygen atoms in total. The van der Waals surface area contributed by atoms with E-state index in [1.54, 1.807) is 26.5 Å². The lowest BCUT2D eigenvalue weighted by Gasteiger charge is -2.13. The normalized spacial score (nSPS) is 11.0. The van der Waals surface area contributed by atoms with Crippen molar-refractivity contribution >= 4 is 0 Å². The van der Waals surface area contributed by atoms with Gasteiger partial charge in [-0.2, -0.15) is 0 Å². The van der Waals surface area contributed by atoms with E-state index in [-0.39, 0.29) is 0 Å². The maximum atomic E-state index is 5.20. The predicted molar refractivity (Wildman–Crippen MR) is 71.5 cm³/mol. The fourth-order valence-corrected chi connectivity index (χ4v) is 1.94. The number of aryl methyl sites for hydroxylation is 2. The average Bonchev–Trinajstić information content (AvgIpc) is 2.39. The van der Waals surface area contributed by atoms with Crippen molar-refractivity contribution in [2.45, 2.75) is 20.1 Å². The Kier molecular flexibility index (Phi) is 4.19. The lowest BCUT2D eigenvalue weighted by Crippen LogP contribution is -2.07. The SMILES string of the molecule is COC(OC)c1ccnc(-c2cc(C)nc(C)c2)n1. The zero-order valence-electron chi connectivity index (χ0n) is 11.5. The highest BCUT2D eigenvalue weighted by atomic mass is 16.7. The van der Waals surface area contributed by atoms with E-state index in [4.69, 9.17) is 9.47 Å². The monoisotopic (exact) mass is 259 g/mol. The van der Waals surface area contributed by atoms with Gasteiger partial charge in [0.15, 0.2) is 5.82 Å². The number of hydrogen-bond donors (Lipinski definition) is 0. The van der Waals surface area contributed by atoms with Crippen molar-refractivity contribution < 1.29 is 9.47 Å². The van der Waals surface area contributed by atoms with Crippen LogP contribution in [0, 0.1) is 13.8 Å². The summed E-state index contributed by atoms with van der Waals surface area (Å²) >= 11 is 0. The largest absolute Gasteiger partial charge is 0.350 e. The molecule has 0 atom stereocenters. The van der Waals surface area contributed by atoms with Gasteiger partial charge in [0.2, 0.25) is 6.29 Å². The highest BCUT2D eigenvalue weighted by Gasteiger charge is 2.12. The Morgan fingerprint density at radius 2 is 1.63 bits per heavy atom. The fraction of sp³-hybridized carbons (Fsp3) is 0.357. The molecule has 0 saturated heterocycles. The van der Waals surface area contributed by atoms with Gasteiger partial charge < -0.3 is 9.47 Å². The molecule has 2 aromatic rings. The summed E-state index contributed by atoms with van der Waals surface area (Å²) in [6.45, 7) is 3.90. The van der Waals surface area contributed by atoms with Gasteiger partial charge in [0.1, 0.15) is 5.69 Å². The first kappa shape index (κ1) is 13.6. The minimum absolute atomic E-state index is 0.481. The molecule has 0 N–H and O–H groups in total. The first-order chi connectivity index (χ1) is 9.13. The third-order valence-electron chi connectivity index (χ3n) is 2.69. The second kappa shape index (κ2) is 5.86. The summed E-state index contributed by atoms with van der Waals surface area (Å²) in [6.07, 6.45) is 1.22. The standard InChI is InChI=1S/C14H17N3O2/c1-9-7-11(8-10(2)16-9)13-15-6-5-12(17-13)14(18-3)19-4/h5-8,14H,1-4H3. The average molecular weight is 259 g/mol. The molecular weight excluding hydrogens is 242 g/mol. The molecule has 2 aromatic heterocycles. The summed E-state index contributed by atoms with van der Waals surface area (Å²) in [5, 5.41) is 0. The van der Waals surface area contributed by atoms with E-state index in [0.717, 1.165) is 17.0 Å². The number of nitrogens with zero attached hydrogens (tertiary/aromatic N) is 3. The molecule has 0 radical (unpaired) electrons. The van der Waals surface area contributed by atoms with E-state index in [0.29, 0.717) is 11.5 Å². The van der Waals surface area contributed by atoms with Gasteiger partial charge in [0.25, 0.3) is 0 Å². The Labute approximate surface area is 112 Å². The number of pyridine rings is 1. The summed E-state index contributed by atoms with van der Waals surface area (Å²) < 4.78 is 10.4. The van der Waals surface area contributed by atoms with Crippen LogP contribution in [0.15, 0.2) is 24.4 Å². The summed E-state index contributed by atoms with van der Waals surface area (Å²) in [5.74, 6) is 0.644. The molecule has 0 aliphatic carbocycles. The number of hydrogen-bond acceptors (Lipinski definition) is 5. The molecule has 0 aromatic carbocycles. The molecule has 0 bridgehead atoms. The molecule has 19 heavy (non-hydrogen) atoms. The molecule has 0 fully saturated rings. The highest BCUT2D eigenvalue weighted by molar-refractivity contribution is 5.55. The molecule has 0 aliphatic heterocycles. The molecular formula is C14H17N3O2. The van der Waals surface area contributed by atoms with Crippen LogP contribution in [0.25, 0.3) is 11.4 Å². The van der Waals surface area contributed by atoms with Crippen LogP contribution in [0.2, 0.25) is 0 Å². The highest BCUT2D eigenvalue weighted by Crippen LogP contribution is 2.20. The zero-order valence-corrected chi connectivity index (χ0v) is 11.5. The van der Waals surface area contributed by atoms with Crippen LogP contribution in [0.5, 0.6) is 0 Å². The molecule has 2 heterocycles. The van der Waals surface area contributed by atoms with Gasteiger partial charge in [-0.3, -0.25) is 4.98 Å². The van der Waals surface area contributed by atoms with Crippen molar-refractivity contribution in [1.82, 2.24) is 15.0 Å². The quantitative estimate of drug-likeness (QED) is 0.789. The number of ether oxygens (including phenoxy) is 2. The van der Waals surface area contributed by atoms with Gasteiger partial charge in [-0.1, -0.05) is 0 Å². The first-order valence-corrected chi connectivity index (χ1v) is 5.98. The van der Waals surface area contributed by atoms with Gasteiger partial charge >= 0.3 is 0 Å². The van der Waals surface area contributed by atoms with E-state index in [9.17, 15) is 0 Å². The summed E-state index contributed by atoms with van der Waals surface area (Å²) in [7, 11) is 3.16. The van der Waals surface area contributed by atoms with E-state index >= 15 is 0 Å². The van der Waals surface area contributed by atoms with E-state index in [2.05, 4.69) is 15.0 Å². The van der Waals surface area contributed by atoms with Crippen LogP contribution in [-0.2, 0) is 9.47 Å². The third-order valence-corrected chi connectivity index (χ3v) is 2.69. The van der Waals surface area contributed by atoms with E-state index < -0.39 is 6.29 Å². The van der Waals surface area contributed by atoms with Crippen molar-refractivity contribution in [3.8, 4) is 11.4 Å². The van der Waals surface area contributed by atoms with Crippen LogP contribution in [-0.4, -0.2) is 29.2 Å². The molecule has 100 valence electrons. The smallest absolute Gasteiger partial charge is 0.200 e. The Bertz CT molecular complexity index is 548. The predicted octanol–water partition coefficient (Wildman–Crippen LogP) is 2.45. The minimum atomic E-state index is -0.481. The fourth-order valence-electron chi connectivity index (χ4n) is 1.94. The lowest BCUT2D eigenvalue weighted by molar-refractivity contribution is -0.108. The van der Waals surface area contributed by atoms with Crippen molar-refractivity contribution in [2.24, 2.45) is 0 Å². The molecule has 0 amide bonds. The van der Waals surface area contributed by atoms with Gasteiger partial charge in [0, 0.05) is 37.4 Å². The van der Waals surface area contributed by atoms with Crippen molar-refractivity contribution in [3.63, 3.8) is 0 Å². The van der Waals surface area contributed by atoms with Crippen molar-refractivity contribution in [1.29, 1.82) is 0 Å². The maximum absolute atomic E-state index is 5.20. The van der Waals surface area contributed by atoms with E-state index in [1.807, 2.05) is 26.0 Å².